The van der Waals surface area contributed by atoms with Crippen LogP contribution in [0.5, 0.6) is 0 Å². The Hall–Kier alpha value is -2.97. The van der Waals surface area contributed by atoms with Crippen molar-refractivity contribution in [2.75, 3.05) is 41.0 Å². The van der Waals surface area contributed by atoms with Gasteiger partial charge in [0.2, 0.25) is 0 Å². The van der Waals surface area contributed by atoms with E-state index in [-0.39, 0.29) is 42.7 Å². The van der Waals surface area contributed by atoms with Gasteiger partial charge in [-0.25, -0.2) is 4.79 Å². The van der Waals surface area contributed by atoms with Crippen LogP contribution < -0.4 is 0 Å². The van der Waals surface area contributed by atoms with Crippen LogP contribution in [0, 0.1) is 0 Å². The summed E-state index contributed by atoms with van der Waals surface area (Å²) in [6.07, 6.45) is 48.5. The molecule has 0 aromatic rings. The SMILES string of the molecule is CC/C=C/C/C=C/C/C=C/C/C=C/C/C=C/CCC(=O)OC(COCCC(C(=O)O)[N+](C)(C)C)COC(=O)CCCCCCCCCCCCCCCCCCC. The molecule has 0 spiro atoms. The van der Waals surface area contributed by atoms with Crippen molar-refractivity contribution in [2.45, 2.75) is 193 Å². The van der Waals surface area contributed by atoms with Crippen molar-refractivity contribution in [3.05, 3.63) is 60.8 Å². The summed E-state index contributed by atoms with van der Waals surface area (Å²) in [5.41, 5.74) is 0. The van der Waals surface area contributed by atoms with Crippen LogP contribution in [0.1, 0.15) is 181 Å². The minimum absolute atomic E-state index is 0.0310. The van der Waals surface area contributed by atoms with E-state index in [2.05, 4.69) is 62.5 Å². The Labute approximate surface area is 349 Å². The van der Waals surface area contributed by atoms with Crippen molar-refractivity contribution in [2.24, 2.45) is 0 Å². The lowest BCUT2D eigenvalue weighted by atomic mass is 10.0. The molecule has 0 aromatic carbocycles. The van der Waals surface area contributed by atoms with E-state index in [1.165, 1.54) is 89.9 Å². The van der Waals surface area contributed by atoms with Crippen LogP contribution in [0.4, 0.5) is 0 Å². The number of esters is 2. The number of allylic oxidation sites excluding steroid dienone is 10. The molecule has 0 saturated heterocycles. The molecule has 328 valence electrons. The maximum absolute atomic E-state index is 12.7. The van der Waals surface area contributed by atoms with Crippen LogP contribution in [-0.4, -0.2) is 80.6 Å². The molecule has 0 aliphatic carbocycles. The molecule has 0 amide bonds. The Morgan fingerprint density at radius 1 is 0.544 bits per heavy atom. The Morgan fingerprint density at radius 3 is 1.42 bits per heavy atom. The van der Waals surface area contributed by atoms with E-state index in [1.807, 2.05) is 33.3 Å². The van der Waals surface area contributed by atoms with Gasteiger partial charge in [0.25, 0.3) is 0 Å². The fourth-order valence-corrected chi connectivity index (χ4v) is 6.43. The summed E-state index contributed by atoms with van der Waals surface area (Å²) in [5, 5.41) is 9.62. The van der Waals surface area contributed by atoms with Gasteiger partial charge in [0.15, 0.2) is 12.1 Å². The predicted octanol–water partition coefficient (Wildman–Crippen LogP) is 12.6. The van der Waals surface area contributed by atoms with Crippen LogP contribution in [-0.2, 0) is 28.6 Å². The second-order valence-corrected chi connectivity index (χ2v) is 16.3. The quantitative estimate of drug-likeness (QED) is 0.0285. The summed E-state index contributed by atoms with van der Waals surface area (Å²) in [7, 11) is 5.50. The number of rotatable bonds is 40. The molecule has 0 rings (SSSR count). The van der Waals surface area contributed by atoms with Crippen molar-refractivity contribution in [1.29, 1.82) is 0 Å². The molecule has 0 fully saturated rings. The van der Waals surface area contributed by atoms with E-state index in [0.717, 1.165) is 51.4 Å². The Kier molecular flexibility index (Phi) is 37.8. The van der Waals surface area contributed by atoms with Crippen molar-refractivity contribution < 1.29 is 38.2 Å². The highest BCUT2D eigenvalue weighted by atomic mass is 16.6. The van der Waals surface area contributed by atoms with Gasteiger partial charge in [-0.05, 0) is 44.9 Å². The van der Waals surface area contributed by atoms with Crippen LogP contribution in [0.25, 0.3) is 0 Å². The van der Waals surface area contributed by atoms with Gasteiger partial charge in [-0.3, -0.25) is 9.59 Å². The summed E-state index contributed by atoms with van der Waals surface area (Å²) in [5.74, 6) is -1.57. The van der Waals surface area contributed by atoms with Crippen molar-refractivity contribution >= 4 is 17.9 Å². The van der Waals surface area contributed by atoms with E-state index < -0.39 is 18.1 Å². The fraction of sp³-hybridized carbons (Fsp3) is 0.735. The molecule has 2 unspecified atom stereocenters. The molecule has 0 heterocycles. The summed E-state index contributed by atoms with van der Waals surface area (Å²) >= 11 is 0. The van der Waals surface area contributed by atoms with Crippen LogP contribution in [0.15, 0.2) is 60.8 Å². The Balaban J connectivity index is 4.41. The third-order valence-corrected chi connectivity index (χ3v) is 9.95. The molecule has 0 radical (unpaired) electrons. The molecular weight excluding hydrogens is 715 g/mol. The third kappa shape index (κ3) is 38.3. The number of carbonyl (C=O) groups excluding carboxylic acids is 2. The first-order valence-electron chi connectivity index (χ1n) is 22.8. The van der Waals surface area contributed by atoms with Gasteiger partial charge in [-0.15, -0.1) is 0 Å². The molecule has 57 heavy (non-hydrogen) atoms. The van der Waals surface area contributed by atoms with Gasteiger partial charge >= 0.3 is 17.9 Å². The number of hydrogen-bond acceptors (Lipinski definition) is 6. The maximum Gasteiger partial charge on any atom is 0.362 e. The highest BCUT2D eigenvalue weighted by Crippen LogP contribution is 2.15. The minimum Gasteiger partial charge on any atom is -0.477 e. The third-order valence-electron chi connectivity index (χ3n) is 9.95. The monoisotopic (exact) mass is 801 g/mol. The molecular formula is C49H86NO7+. The number of nitrogens with zero attached hydrogens (tertiary/aromatic N) is 1. The first kappa shape index (κ1) is 54.0. The number of quaternary nitrogens is 1. The zero-order chi connectivity index (χ0) is 42.1. The number of carbonyl (C=O) groups is 3. The summed E-state index contributed by atoms with van der Waals surface area (Å²) in [6, 6.07) is -0.628. The summed E-state index contributed by atoms with van der Waals surface area (Å²) in [6.45, 7) is 4.55. The zero-order valence-corrected chi connectivity index (χ0v) is 37.3. The van der Waals surface area contributed by atoms with Gasteiger partial charge in [0, 0.05) is 19.3 Å². The Bertz CT molecular complexity index is 1120. The molecule has 2 atom stereocenters. The van der Waals surface area contributed by atoms with Crippen LogP contribution >= 0.6 is 0 Å². The number of unbranched alkanes of at least 4 members (excludes halogenated alkanes) is 16. The molecule has 0 aromatic heterocycles. The molecule has 0 aliphatic rings. The molecule has 1 N–H and O–H groups in total. The number of carboxylic acid groups (broad SMARTS) is 1. The standard InChI is InChI=1S/C49H85NO7/c1-6-8-10-12-14-16-18-20-22-24-26-27-29-31-33-35-37-39-47(51)56-44-45(43-55-42-41-46(49(53)54)50(3,4)5)57-48(52)40-38-36-34-32-30-28-25-23-21-19-17-15-13-11-9-7-2/h9,11,15,17,21,23,28,30,34,36,45-46H,6-8,10,12-14,16,18-20,22,24-27,29,31-33,35,37-44H2,1-5H3/p+1/b11-9+,17-15+,23-21+,30-28+,36-34+. The fourth-order valence-electron chi connectivity index (χ4n) is 6.43. The van der Waals surface area contributed by atoms with Gasteiger partial charge < -0.3 is 23.8 Å². The van der Waals surface area contributed by atoms with Gasteiger partial charge in [-0.1, -0.05) is 177 Å². The zero-order valence-electron chi connectivity index (χ0n) is 37.3. The maximum atomic E-state index is 12.7. The van der Waals surface area contributed by atoms with Crippen molar-refractivity contribution in [3.8, 4) is 0 Å². The van der Waals surface area contributed by atoms with E-state index in [9.17, 15) is 19.5 Å². The predicted molar refractivity (Wildman–Crippen MR) is 238 cm³/mol. The Morgan fingerprint density at radius 2 is 0.982 bits per heavy atom. The molecule has 8 heteroatoms. The summed E-state index contributed by atoms with van der Waals surface area (Å²) in [4.78, 5) is 37.0. The highest BCUT2D eigenvalue weighted by Gasteiger charge is 2.31. The van der Waals surface area contributed by atoms with Gasteiger partial charge in [0.1, 0.15) is 6.61 Å². The number of ether oxygens (including phenoxy) is 3. The molecule has 8 nitrogen and oxygen atoms in total. The van der Waals surface area contributed by atoms with Crippen LogP contribution in [0.3, 0.4) is 0 Å². The number of likely N-dealkylation sites (N-methyl/N-ethyl adjacent to an activating group) is 1. The number of carboxylic acids is 1. The highest BCUT2D eigenvalue weighted by molar-refractivity contribution is 5.72. The average Bonchev–Trinajstić information content (AvgIpc) is 3.17. The summed E-state index contributed by atoms with van der Waals surface area (Å²) < 4.78 is 17.2. The topological polar surface area (TPSA) is 99.1 Å². The lowest BCUT2D eigenvalue weighted by Gasteiger charge is -2.31. The van der Waals surface area contributed by atoms with Gasteiger partial charge in [0.05, 0.1) is 34.4 Å². The lowest BCUT2D eigenvalue weighted by Crippen LogP contribution is -2.50. The van der Waals surface area contributed by atoms with E-state index in [4.69, 9.17) is 14.2 Å². The normalized spacial score (nSPS) is 13.5. The number of aliphatic carboxylic acids is 1. The van der Waals surface area contributed by atoms with Gasteiger partial charge in [-0.2, -0.15) is 0 Å². The minimum atomic E-state index is -0.887. The average molecular weight is 801 g/mol. The van der Waals surface area contributed by atoms with E-state index in [0.29, 0.717) is 19.3 Å². The second kappa shape index (κ2) is 39.8. The van der Waals surface area contributed by atoms with Crippen molar-refractivity contribution in [1.82, 2.24) is 0 Å². The molecule has 0 saturated carbocycles. The largest absolute Gasteiger partial charge is 0.477 e. The van der Waals surface area contributed by atoms with E-state index in [1.54, 1.807) is 0 Å². The number of hydrogen-bond donors (Lipinski definition) is 1. The smallest absolute Gasteiger partial charge is 0.362 e. The van der Waals surface area contributed by atoms with Crippen LogP contribution in [0.2, 0.25) is 0 Å². The molecule has 0 aliphatic heterocycles. The second-order valence-electron chi connectivity index (χ2n) is 16.3. The van der Waals surface area contributed by atoms with Crippen molar-refractivity contribution in [3.63, 3.8) is 0 Å². The lowest BCUT2D eigenvalue weighted by molar-refractivity contribution is -0.887. The van der Waals surface area contributed by atoms with E-state index >= 15 is 0 Å². The molecule has 0 bridgehead atoms. The first-order valence-corrected chi connectivity index (χ1v) is 22.8. The first-order chi connectivity index (χ1) is 27.6.